The number of ether oxygens (including phenoxy) is 1. The van der Waals surface area contributed by atoms with Crippen LogP contribution in [-0.4, -0.2) is 49.8 Å². The number of hydrogen-bond acceptors (Lipinski definition) is 3. The molecule has 2 aliphatic rings. The Morgan fingerprint density at radius 3 is 2.65 bits per heavy atom. The van der Waals surface area contributed by atoms with Gasteiger partial charge in [0.1, 0.15) is 0 Å². The van der Waals surface area contributed by atoms with Crippen molar-refractivity contribution in [2.24, 2.45) is 5.92 Å². The number of piperidine rings is 1. The second-order valence-corrected chi connectivity index (χ2v) is 5.87. The smallest absolute Gasteiger partial charge is 0.0678 e. The number of morpholine rings is 1. The van der Waals surface area contributed by atoms with Crippen LogP contribution >= 0.6 is 0 Å². The summed E-state index contributed by atoms with van der Waals surface area (Å²) < 4.78 is 5.76. The van der Waals surface area contributed by atoms with Crippen LogP contribution in [0.2, 0.25) is 0 Å². The number of nitrogens with zero attached hydrogens (tertiary/aromatic N) is 1. The summed E-state index contributed by atoms with van der Waals surface area (Å²) in [7, 11) is 0. The maximum absolute atomic E-state index is 5.76. The summed E-state index contributed by atoms with van der Waals surface area (Å²) in [6, 6.07) is 0. The molecule has 0 spiro atoms. The van der Waals surface area contributed by atoms with Crippen LogP contribution in [0.5, 0.6) is 0 Å². The molecule has 3 atom stereocenters. The van der Waals surface area contributed by atoms with Gasteiger partial charge in [0, 0.05) is 13.1 Å². The van der Waals surface area contributed by atoms with Gasteiger partial charge in [-0.05, 0) is 65.1 Å². The third kappa shape index (κ3) is 4.57. The molecule has 100 valence electrons. The van der Waals surface area contributed by atoms with E-state index in [0.717, 1.165) is 19.0 Å². The SMILES string of the molecule is C[C@@H]1CN(CCCC2CCCNC2)C[C@H](C)O1. The molecule has 1 N–H and O–H groups in total. The molecular weight excluding hydrogens is 212 g/mol. The van der Waals surface area contributed by atoms with Crippen LogP contribution in [0.1, 0.15) is 39.5 Å². The molecule has 3 heteroatoms. The van der Waals surface area contributed by atoms with Crippen molar-refractivity contribution in [3.05, 3.63) is 0 Å². The second kappa shape index (κ2) is 6.72. The molecule has 0 aromatic rings. The van der Waals surface area contributed by atoms with Crippen molar-refractivity contribution in [3.63, 3.8) is 0 Å². The molecule has 17 heavy (non-hydrogen) atoms. The Hall–Kier alpha value is -0.120. The average molecular weight is 240 g/mol. The van der Waals surface area contributed by atoms with E-state index in [9.17, 15) is 0 Å². The van der Waals surface area contributed by atoms with E-state index in [1.807, 2.05) is 0 Å². The van der Waals surface area contributed by atoms with Crippen molar-refractivity contribution in [1.82, 2.24) is 10.2 Å². The van der Waals surface area contributed by atoms with Crippen molar-refractivity contribution in [1.29, 1.82) is 0 Å². The molecule has 2 aliphatic heterocycles. The summed E-state index contributed by atoms with van der Waals surface area (Å²) in [5.41, 5.74) is 0. The molecule has 0 aliphatic carbocycles. The normalized spacial score (nSPS) is 36.0. The lowest BCUT2D eigenvalue weighted by Crippen LogP contribution is -2.45. The van der Waals surface area contributed by atoms with Crippen LogP contribution in [-0.2, 0) is 4.74 Å². The zero-order valence-electron chi connectivity index (χ0n) is 11.5. The van der Waals surface area contributed by atoms with Crippen LogP contribution in [0.15, 0.2) is 0 Å². The Labute approximate surface area is 106 Å². The van der Waals surface area contributed by atoms with Gasteiger partial charge >= 0.3 is 0 Å². The summed E-state index contributed by atoms with van der Waals surface area (Å²) in [4.78, 5) is 2.58. The predicted octanol–water partition coefficient (Wildman–Crippen LogP) is 1.88. The molecule has 3 nitrogen and oxygen atoms in total. The first-order valence-electron chi connectivity index (χ1n) is 7.32. The van der Waals surface area contributed by atoms with Gasteiger partial charge in [0.15, 0.2) is 0 Å². The molecule has 2 saturated heterocycles. The predicted molar refractivity (Wildman–Crippen MR) is 71.3 cm³/mol. The Morgan fingerprint density at radius 1 is 1.24 bits per heavy atom. The quantitative estimate of drug-likeness (QED) is 0.812. The van der Waals surface area contributed by atoms with Crippen LogP contribution < -0.4 is 5.32 Å². The summed E-state index contributed by atoms with van der Waals surface area (Å²) in [5.74, 6) is 0.930. The van der Waals surface area contributed by atoms with Crippen molar-refractivity contribution in [3.8, 4) is 0 Å². The highest BCUT2D eigenvalue weighted by Crippen LogP contribution is 2.17. The van der Waals surface area contributed by atoms with Gasteiger partial charge < -0.3 is 10.1 Å². The minimum atomic E-state index is 0.412. The van der Waals surface area contributed by atoms with Gasteiger partial charge in [-0.1, -0.05) is 0 Å². The molecular formula is C14H28N2O. The average Bonchev–Trinajstić information content (AvgIpc) is 2.29. The number of nitrogens with one attached hydrogen (secondary N) is 1. The van der Waals surface area contributed by atoms with Crippen LogP contribution in [0, 0.1) is 5.92 Å². The van der Waals surface area contributed by atoms with Gasteiger partial charge in [0.25, 0.3) is 0 Å². The topological polar surface area (TPSA) is 24.5 Å². The molecule has 1 unspecified atom stereocenters. The van der Waals surface area contributed by atoms with Gasteiger partial charge in [-0.3, -0.25) is 4.90 Å². The Balaban J connectivity index is 1.60. The fourth-order valence-corrected chi connectivity index (χ4v) is 3.24. The second-order valence-electron chi connectivity index (χ2n) is 5.87. The van der Waals surface area contributed by atoms with E-state index >= 15 is 0 Å². The van der Waals surface area contributed by atoms with Gasteiger partial charge in [-0.2, -0.15) is 0 Å². The largest absolute Gasteiger partial charge is 0.373 e. The molecule has 0 aromatic carbocycles. The highest BCUT2D eigenvalue weighted by Gasteiger charge is 2.22. The lowest BCUT2D eigenvalue weighted by atomic mass is 9.94. The fourth-order valence-electron chi connectivity index (χ4n) is 3.24. The third-order valence-electron chi connectivity index (χ3n) is 3.98. The number of hydrogen-bond donors (Lipinski definition) is 1. The summed E-state index contributed by atoms with van der Waals surface area (Å²) >= 11 is 0. The van der Waals surface area contributed by atoms with E-state index in [4.69, 9.17) is 4.74 Å². The Kier molecular flexibility index (Phi) is 5.26. The third-order valence-corrected chi connectivity index (χ3v) is 3.98. The standard InChI is InChI=1S/C14H28N2O/c1-12-10-16(11-13(2)17-12)8-4-6-14-5-3-7-15-9-14/h12-15H,3-11H2,1-2H3/t12-,13+,14?. The molecule has 0 aromatic heterocycles. The van der Waals surface area contributed by atoms with Gasteiger partial charge in [-0.25, -0.2) is 0 Å². The minimum absolute atomic E-state index is 0.412. The molecule has 0 saturated carbocycles. The number of rotatable bonds is 4. The van der Waals surface area contributed by atoms with Crippen molar-refractivity contribution < 1.29 is 4.74 Å². The zero-order chi connectivity index (χ0) is 12.1. The molecule has 0 radical (unpaired) electrons. The van der Waals surface area contributed by atoms with Gasteiger partial charge in [0.2, 0.25) is 0 Å². The van der Waals surface area contributed by atoms with E-state index in [-0.39, 0.29) is 0 Å². The summed E-state index contributed by atoms with van der Waals surface area (Å²) in [6.07, 6.45) is 6.38. The highest BCUT2D eigenvalue weighted by molar-refractivity contribution is 4.74. The van der Waals surface area contributed by atoms with E-state index in [2.05, 4.69) is 24.1 Å². The van der Waals surface area contributed by atoms with Crippen LogP contribution in [0.3, 0.4) is 0 Å². The Bertz CT molecular complexity index is 206. The maximum Gasteiger partial charge on any atom is 0.0678 e. The summed E-state index contributed by atoms with van der Waals surface area (Å²) in [5, 5.41) is 3.50. The van der Waals surface area contributed by atoms with E-state index in [1.54, 1.807) is 0 Å². The summed E-state index contributed by atoms with van der Waals surface area (Å²) in [6.45, 7) is 10.3. The van der Waals surface area contributed by atoms with Crippen molar-refractivity contribution in [2.75, 3.05) is 32.7 Å². The molecule has 2 heterocycles. The monoisotopic (exact) mass is 240 g/mol. The lowest BCUT2D eigenvalue weighted by molar-refractivity contribution is -0.0683. The first kappa shape index (κ1) is 13.3. The molecule has 2 fully saturated rings. The first-order chi connectivity index (χ1) is 8.24. The van der Waals surface area contributed by atoms with E-state index in [1.165, 1.54) is 45.3 Å². The Morgan fingerprint density at radius 2 is 2.00 bits per heavy atom. The molecule has 0 bridgehead atoms. The molecule has 2 rings (SSSR count). The van der Waals surface area contributed by atoms with Gasteiger partial charge in [-0.15, -0.1) is 0 Å². The highest BCUT2D eigenvalue weighted by atomic mass is 16.5. The fraction of sp³-hybridized carbons (Fsp3) is 1.00. The maximum atomic E-state index is 5.76. The van der Waals surface area contributed by atoms with Crippen LogP contribution in [0.25, 0.3) is 0 Å². The van der Waals surface area contributed by atoms with Crippen molar-refractivity contribution >= 4 is 0 Å². The molecule has 0 amide bonds. The lowest BCUT2D eigenvalue weighted by Gasteiger charge is -2.35. The van der Waals surface area contributed by atoms with E-state index < -0.39 is 0 Å². The van der Waals surface area contributed by atoms with Crippen LogP contribution in [0.4, 0.5) is 0 Å². The zero-order valence-corrected chi connectivity index (χ0v) is 11.5. The van der Waals surface area contributed by atoms with Gasteiger partial charge in [0.05, 0.1) is 12.2 Å². The first-order valence-corrected chi connectivity index (χ1v) is 7.32. The van der Waals surface area contributed by atoms with E-state index in [0.29, 0.717) is 12.2 Å². The minimum Gasteiger partial charge on any atom is -0.373 e. The van der Waals surface area contributed by atoms with Crippen molar-refractivity contribution in [2.45, 2.75) is 51.7 Å².